The average Bonchev–Trinajstić information content (AvgIpc) is 3.38. The van der Waals surface area contributed by atoms with E-state index in [-0.39, 0.29) is 12.0 Å². The highest BCUT2D eigenvalue weighted by Gasteiger charge is 2.36. The molecular formula is C21H30N6O. The van der Waals surface area contributed by atoms with Gasteiger partial charge in [0, 0.05) is 50.2 Å². The number of likely N-dealkylation sites (tertiary alicyclic amines) is 1. The summed E-state index contributed by atoms with van der Waals surface area (Å²) in [5.41, 5.74) is 7.48. The molecule has 2 saturated heterocycles. The fraction of sp³-hybridized carbons (Fsp3) is 0.571. The van der Waals surface area contributed by atoms with Crippen molar-refractivity contribution in [2.24, 2.45) is 5.92 Å². The number of nitrogens with zero attached hydrogens (tertiary/aromatic N) is 4. The van der Waals surface area contributed by atoms with Gasteiger partial charge in [0.05, 0.1) is 18.2 Å². The van der Waals surface area contributed by atoms with E-state index < -0.39 is 0 Å². The fourth-order valence-electron chi connectivity index (χ4n) is 4.46. The Morgan fingerprint density at radius 1 is 1.21 bits per heavy atom. The lowest BCUT2D eigenvalue weighted by molar-refractivity contribution is -0.136. The molecule has 0 bridgehead atoms. The first-order valence-corrected chi connectivity index (χ1v) is 10.4. The topological polar surface area (TPSA) is 75.1 Å². The highest BCUT2D eigenvalue weighted by molar-refractivity contribution is 5.80. The van der Waals surface area contributed by atoms with Crippen LogP contribution in [0.4, 0.5) is 0 Å². The summed E-state index contributed by atoms with van der Waals surface area (Å²) in [6.45, 7) is 5.27. The number of pyridine rings is 1. The molecule has 0 aliphatic carbocycles. The van der Waals surface area contributed by atoms with Gasteiger partial charge in [-0.3, -0.25) is 20.6 Å². The molecule has 0 saturated carbocycles. The largest absolute Gasteiger partial charge is 0.342 e. The molecule has 2 aliphatic heterocycles. The summed E-state index contributed by atoms with van der Waals surface area (Å²) >= 11 is 0. The lowest BCUT2D eigenvalue weighted by atomic mass is 9.92. The molecule has 2 aromatic rings. The van der Waals surface area contributed by atoms with Gasteiger partial charge in [-0.15, -0.1) is 0 Å². The Balaban J connectivity index is 1.36. The summed E-state index contributed by atoms with van der Waals surface area (Å²) < 4.78 is 2.20. The molecule has 0 aromatic carbocycles. The van der Waals surface area contributed by atoms with Crippen LogP contribution in [0.2, 0.25) is 0 Å². The number of hydrogen-bond donors (Lipinski definition) is 2. The van der Waals surface area contributed by atoms with Crippen LogP contribution >= 0.6 is 0 Å². The number of hydrazine groups is 1. The molecule has 0 radical (unpaired) electrons. The van der Waals surface area contributed by atoms with Gasteiger partial charge in [-0.1, -0.05) is 19.4 Å². The van der Waals surface area contributed by atoms with Gasteiger partial charge in [0.15, 0.2) is 0 Å². The number of imidazole rings is 1. The van der Waals surface area contributed by atoms with Crippen molar-refractivity contribution in [1.82, 2.24) is 30.3 Å². The van der Waals surface area contributed by atoms with Crippen LogP contribution in [0.15, 0.2) is 36.8 Å². The smallest absolute Gasteiger partial charge is 0.228 e. The van der Waals surface area contributed by atoms with Crippen LogP contribution in [0.1, 0.15) is 50.0 Å². The Kier molecular flexibility index (Phi) is 6.02. The van der Waals surface area contributed by atoms with E-state index in [4.69, 9.17) is 0 Å². The molecule has 2 N–H and O–H groups in total. The van der Waals surface area contributed by atoms with Crippen LogP contribution < -0.4 is 10.9 Å². The van der Waals surface area contributed by atoms with E-state index in [2.05, 4.69) is 37.2 Å². The third-order valence-corrected chi connectivity index (χ3v) is 5.99. The molecule has 4 rings (SSSR count). The van der Waals surface area contributed by atoms with Gasteiger partial charge >= 0.3 is 0 Å². The molecule has 2 unspecified atom stereocenters. The van der Waals surface area contributed by atoms with Crippen LogP contribution in [-0.4, -0.2) is 51.0 Å². The molecule has 28 heavy (non-hydrogen) atoms. The van der Waals surface area contributed by atoms with Gasteiger partial charge < -0.3 is 9.47 Å². The van der Waals surface area contributed by atoms with Gasteiger partial charge in [-0.05, 0) is 31.4 Å². The summed E-state index contributed by atoms with van der Waals surface area (Å²) in [5, 5.41) is 0. The van der Waals surface area contributed by atoms with Crippen LogP contribution in [-0.2, 0) is 11.3 Å². The first-order valence-electron chi connectivity index (χ1n) is 10.4. The van der Waals surface area contributed by atoms with Crippen LogP contribution in [0.25, 0.3) is 0 Å². The standard InChI is InChI=1S/C21H30N6O/c1-2-5-19-18(14-24-25-19)21(28)26-11-7-16(8-12-26)20-23-10-13-27(20)15-17-6-3-4-9-22-17/h3-4,6,9-10,13,16,18-19,24-25H,2,5,7-8,11-12,14-15H2,1H3. The van der Waals surface area contributed by atoms with E-state index in [0.717, 1.165) is 63.4 Å². The maximum absolute atomic E-state index is 13.0. The fourth-order valence-corrected chi connectivity index (χ4v) is 4.46. The molecule has 7 heteroatoms. The minimum atomic E-state index is 0.0580. The monoisotopic (exact) mass is 382 g/mol. The minimum Gasteiger partial charge on any atom is -0.342 e. The lowest BCUT2D eigenvalue weighted by Gasteiger charge is -2.34. The van der Waals surface area contributed by atoms with E-state index in [1.165, 1.54) is 0 Å². The highest BCUT2D eigenvalue weighted by atomic mass is 16.2. The predicted molar refractivity (Wildman–Crippen MR) is 107 cm³/mol. The number of carbonyl (C=O) groups is 1. The van der Waals surface area contributed by atoms with Crippen molar-refractivity contribution in [1.29, 1.82) is 0 Å². The number of aromatic nitrogens is 3. The van der Waals surface area contributed by atoms with Crippen molar-refractivity contribution in [2.45, 2.75) is 51.1 Å². The SMILES string of the molecule is CCCC1NNCC1C(=O)N1CCC(c2nccn2Cc2ccccn2)CC1. The van der Waals surface area contributed by atoms with E-state index in [1.54, 1.807) is 0 Å². The van der Waals surface area contributed by atoms with Gasteiger partial charge in [0.1, 0.15) is 5.82 Å². The molecule has 2 atom stereocenters. The van der Waals surface area contributed by atoms with Crippen LogP contribution in [0.3, 0.4) is 0 Å². The Bertz CT molecular complexity index is 768. The third-order valence-electron chi connectivity index (χ3n) is 5.99. The normalized spacial score (nSPS) is 23.2. The molecule has 7 nitrogen and oxygen atoms in total. The van der Waals surface area contributed by atoms with Gasteiger partial charge in [-0.2, -0.15) is 0 Å². The molecule has 2 fully saturated rings. The van der Waals surface area contributed by atoms with Crippen molar-refractivity contribution < 1.29 is 4.79 Å². The summed E-state index contributed by atoms with van der Waals surface area (Å²) in [4.78, 5) is 24.1. The number of piperidine rings is 1. The first-order chi connectivity index (χ1) is 13.8. The van der Waals surface area contributed by atoms with Gasteiger partial charge in [-0.25, -0.2) is 4.98 Å². The third kappa shape index (κ3) is 4.10. The number of rotatable bonds is 6. The second-order valence-corrected chi connectivity index (χ2v) is 7.86. The Hall–Kier alpha value is -2.25. The molecule has 1 amide bonds. The van der Waals surface area contributed by atoms with Crippen molar-refractivity contribution in [3.8, 4) is 0 Å². The summed E-state index contributed by atoms with van der Waals surface area (Å²) in [5.74, 6) is 1.87. The van der Waals surface area contributed by atoms with E-state index in [9.17, 15) is 4.79 Å². The summed E-state index contributed by atoms with van der Waals surface area (Å²) in [6, 6.07) is 6.25. The highest BCUT2D eigenvalue weighted by Crippen LogP contribution is 2.29. The second-order valence-electron chi connectivity index (χ2n) is 7.86. The van der Waals surface area contributed by atoms with Crippen LogP contribution in [0, 0.1) is 5.92 Å². The molecule has 0 spiro atoms. The minimum absolute atomic E-state index is 0.0580. The molecular weight excluding hydrogens is 352 g/mol. The number of carbonyl (C=O) groups excluding carboxylic acids is 1. The zero-order chi connectivity index (χ0) is 19.3. The van der Waals surface area contributed by atoms with Crippen molar-refractivity contribution in [3.63, 3.8) is 0 Å². The van der Waals surface area contributed by atoms with Crippen molar-refractivity contribution in [2.75, 3.05) is 19.6 Å². The number of hydrogen-bond acceptors (Lipinski definition) is 5. The van der Waals surface area contributed by atoms with Gasteiger partial charge in [0.25, 0.3) is 0 Å². The lowest BCUT2D eigenvalue weighted by Crippen LogP contribution is -2.45. The summed E-state index contributed by atoms with van der Waals surface area (Å²) in [6.07, 6.45) is 9.80. The zero-order valence-corrected chi connectivity index (χ0v) is 16.6. The van der Waals surface area contributed by atoms with Crippen molar-refractivity contribution in [3.05, 3.63) is 48.3 Å². The molecule has 2 aromatic heterocycles. The molecule has 2 aliphatic rings. The van der Waals surface area contributed by atoms with Gasteiger partial charge in [0.2, 0.25) is 5.91 Å². The quantitative estimate of drug-likeness (QED) is 0.798. The Labute approximate surface area is 166 Å². The van der Waals surface area contributed by atoms with E-state index in [1.807, 2.05) is 36.8 Å². The molecule has 4 heterocycles. The second kappa shape index (κ2) is 8.84. The maximum atomic E-state index is 13.0. The average molecular weight is 383 g/mol. The van der Waals surface area contributed by atoms with Crippen LogP contribution in [0.5, 0.6) is 0 Å². The van der Waals surface area contributed by atoms with Crippen molar-refractivity contribution >= 4 is 5.91 Å². The Morgan fingerprint density at radius 2 is 2.07 bits per heavy atom. The summed E-state index contributed by atoms with van der Waals surface area (Å²) in [7, 11) is 0. The predicted octanol–water partition coefficient (Wildman–Crippen LogP) is 1.93. The maximum Gasteiger partial charge on any atom is 0.228 e. The first kappa shape index (κ1) is 19.1. The molecule has 150 valence electrons. The van der Waals surface area contributed by atoms with E-state index in [0.29, 0.717) is 11.8 Å². The Morgan fingerprint density at radius 3 is 2.82 bits per heavy atom. The number of nitrogens with one attached hydrogen (secondary N) is 2. The zero-order valence-electron chi connectivity index (χ0n) is 16.6. The van der Waals surface area contributed by atoms with E-state index >= 15 is 0 Å². The number of amides is 1.